The average Bonchev–Trinajstić information content (AvgIpc) is 2.58. The fourth-order valence-electron chi connectivity index (χ4n) is 1.71. The summed E-state index contributed by atoms with van der Waals surface area (Å²) < 4.78 is 22.3. The van der Waals surface area contributed by atoms with Gasteiger partial charge < -0.3 is 10.4 Å². The Balaban J connectivity index is 2.26. The summed E-state index contributed by atoms with van der Waals surface area (Å²) in [5.41, 5.74) is 0. The lowest BCUT2D eigenvalue weighted by molar-refractivity contribution is -0.124. The van der Waals surface area contributed by atoms with Crippen LogP contribution in [-0.4, -0.2) is 43.6 Å². The minimum Gasteiger partial charge on any atom is -0.393 e. The molecule has 2 atom stereocenters. The zero-order valence-corrected chi connectivity index (χ0v) is 10.3. The minimum absolute atomic E-state index is 0.0326. The molecule has 0 aromatic heterocycles. The normalized spacial score (nSPS) is 25.2. The number of nitrogens with one attached hydrogen (secondary N) is 1. The van der Waals surface area contributed by atoms with E-state index in [1.54, 1.807) is 0 Å². The quantitative estimate of drug-likeness (QED) is 0.700. The molecule has 1 rings (SSSR count). The molecule has 5 nitrogen and oxygen atoms in total. The van der Waals surface area contributed by atoms with E-state index >= 15 is 0 Å². The van der Waals surface area contributed by atoms with Crippen LogP contribution in [-0.2, 0) is 14.6 Å². The fraction of sp³-hybridized carbons (Fsp3) is 0.900. The molecule has 6 heteroatoms. The van der Waals surface area contributed by atoms with Crippen molar-refractivity contribution in [1.29, 1.82) is 0 Å². The van der Waals surface area contributed by atoms with Crippen molar-refractivity contribution in [3.8, 4) is 0 Å². The lowest BCUT2D eigenvalue weighted by Gasteiger charge is -2.11. The Morgan fingerprint density at radius 3 is 2.75 bits per heavy atom. The number of aliphatic hydroxyl groups excluding tert-OH is 1. The van der Waals surface area contributed by atoms with Crippen LogP contribution in [0.1, 0.15) is 26.2 Å². The molecule has 2 N–H and O–H groups in total. The lowest BCUT2D eigenvalue weighted by Crippen LogP contribution is -2.33. The maximum atomic E-state index is 11.5. The molecular weight excluding hydrogens is 230 g/mol. The van der Waals surface area contributed by atoms with Crippen LogP contribution >= 0.6 is 0 Å². The van der Waals surface area contributed by atoms with Crippen molar-refractivity contribution in [3.63, 3.8) is 0 Å². The number of hydrogen-bond acceptors (Lipinski definition) is 4. The summed E-state index contributed by atoms with van der Waals surface area (Å²) in [4.78, 5) is 11.5. The molecule has 1 heterocycles. The molecule has 0 saturated carbocycles. The highest BCUT2D eigenvalue weighted by Gasteiger charge is 2.32. The third-order valence-electron chi connectivity index (χ3n) is 2.85. The number of aliphatic hydroxyl groups is 1. The molecule has 0 aromatic carbocycles. The van der Waals surface area contributed by atoms with Gasteiger partial charge in [0.15, 0.2) is 9.84 Å². The van der Waals surface area contributed by atoms with Crippen LogP contribution in [0.25, 0.3) is 0 Å². The predicted molar refractivity (Wildman–Crippen MR) is 60.7 cm³/mol. The molecule has 1 aliphatic rings. The summed E-state index contributed by atoms with van der Waals surface area (Å²) >= 11 is 0. The third-order valence-corrected chi connectivity index (χ3v) is 4.62. The van der Waals surface area contributed by atoms with Crippen molar-refractivity contribution in [3.05, 3.63) is 0 Å². The molecule has 1 fully saturated rings. The molecule has 1 aliphatic heterocycles. The van der Waals surface area contributed by atoms with Gasteiger partial charge in [-0.2, -0.15) is 0 Å². The predicted octanol–water partition coefficient (Wildman–Crippen LogP) is -0.302. The van der Waals surface area contributed by atoms with E-state index in [-0.39, 0.29) is 17.4 Å². The number of rotatable bonds is 5. The maximum absolute atomic E-state index is 11.5. The SMILES string of the molecule is CCC(O)CCNC(=O)C1CCS(=O)(=O)C1. The Bertz CT molecular complexity index is 339. The van der Waals surface area contributed by atoms with Crippen LogP contribution in [0.3, 0.4) is 0 Å². The minimum atomic E-state index is -3.00. The maximum Gasteiger partial charge on any atom is 0.224 e. The first-order valence-corrected chi connectivity index (χ1v) is 7.43. The summed E-state index contributed by atoms with van der Waals surface area (Å²) in [7, 11) is -3.00. The number of carbonyl (C=O) groups excluding carboxylic acids is 1. The van der Waals surface area contributed by atoms with Gasteiger partial charge in [0, 0.05) is 6.54 Å². The summed E-state index contributed by atoms with van der Waals surface area (Å²) in [5, 5.41) is 11.9. The van der Waals surface area contributed by atoms with E-state index in [0.717, 1.165) is 0 Å². The zero-order valence-electron chi connectivity index (χ0n) is 9.48. The smallest absolute Gasteiger partial charge is 0.224 e. The van der Waals surface area contributed by atoms with Crippen molar-refractivity contribution in [1.82, 2.24) is 5.32 Å². The second-order valence-corrected chi connectivity index (χ2v) is 6.47. The molecule has 2 unspecified atom stereocenters. The second kappa shape index (κ2) is 5.63. The number of amides is 1. The summed E-state index contributed by atoms with van der Waals surface area (Å²) in [6.45, 7) is 2.28. The van der Waals surface area contributed by atoms with E-state index in [2.05, 4.69) is 5.32 Å². The Hall–Kier alpha value is -0.620. The standard InChI is InChI=1S/C10H19NO4S/c1-2-9(12)3-5-11-10(13)8-4-6-16(14,15)7-8/h8-9,12H,2-7H2,1H3,(H,11,13). The van der Waals surface area contributed by atoms with E-state index in [1.807, 2.05) is 6.92 Å². The highest BCUT2D eigenvalue weighted by molar-refractivity contribution is 7.91. The van der Waals surface area contributed by atoms with Gasteiger partial charge in [-0.1, -0.05) is 6.92 Å². The largest absolute Gasteiger partial charge is 0.393 e. The summed E-state index contributed by atoms with van der Waals surface area (Å²) in [6, 6.07) is 0. The van der Waals surface area contributed by atoms with Crippen molar-refractivity contribution in [2.45, 2.75) is 32.3 Å². The number of carbonyl (C=O) groups is 1. The van der Waals surface area contributed by atoms with Gasteiger partial charge in [0.05, 0.1) is 23.5 Å². The van der Waals surface area contributed by atoms with Gasteiger partial charge in [0.2, 0.25) is 5.91 Å². The van der Waals surface area contributed by atoms with Gasteiger partial charge in [0.1, 0.15) is 0 Å². The number of hydrogen-bond donors (Lipinski definition) is 2. The molecular formula is C10H19NO4S. The zero-order chi connectivity index (χ0) is 12.2. The van der Waals surface area contributed by atoms with E-state index < -0.39 is 21.9 Å². The first-order chi connectivity index (χ1) is 7.44. The van der Waals surface area contributed by atoms with E-state index in [0.29, 0.717) is 25.8 Å². The van der Waals surface area contributed by atoms with Crippen LogP contribution < -0.4 is 5.32 Å². The van der Waals surface area contributed by atoms with E-state index in [9.17, 15) is 18.3 Å². The Morgan fingerprint density at radius 2 is 2.25 bits per heavy atom. The van der Waals surface area contributed by atoms with E-state index in [1.165, 1.54) is 0 Å². The Labute approximate surface area is 96.1 Å². The van der Waals surface area contributed by atoms with Gasteiger partial charge in [0.25, 0.3) is 0 Å². The fourth-order valence-corrected chi connectivity index (χ4v) is 3.45. The van der Waals surface area contributed by atoms with Gasteiger partial charge in [-0.25, -0.2) is 8.42 Å². The van der Waals surface area contributed by atoms with Crippen molar-refractivity contribution in [2.75, 3.05) is 18.1 Å². The van der Waals surface area contributed by atoms with Crippen molar-refractivity contribution >= 4 is 15.7 Å². The molecule has 0 radical (unpaired) electrons. The molecule has 16 heavy (non-hydrogen) atoms. The third kappa shape index (κ3) is 4.09. The molecule has 0 aliphatic carbocycles. The molecule has 0 spiro atoms. The van der Waals surface area contributed by atoms with E-state index in [4.69, 9.17) is 0 Å². The molecule has 0 bridgehead atoms. The lowest BCUT2D eigenvalue weighted by atomic mass is 10.1. The monoisotopic (exact) mass is 249 g/mol. The summed E-state index contributed by atoms with van der Waals surface area (Å²) in [5.74, 6) is -0.522. The Kier molecular flexibility index (Phi) is 4.73. The highest BCUT2D eigenvalue weighted by atomic mass is 32.2. The topological polar surface area (TPSA) is 83.5 Å². The van der Waals surface area contributed by atoms with Crippen LogP contribution in [0, 0.1) is 5.92 Å². The van der Waals surface area contributed by atoms with Gasteiger partial charge in [-0.05, 0) is 19.3 Å². The Morgan fingerprint density at radius 1 is 1.56 bits per heavy atom. The van der Waals surface area contributed by atoms with Crippen molar-refractivity contribution < 1.29 is 18.3 Å². The summed E-state index contributed by atoms with van der Waals surface area (Å²) in [6.07, 6.45) is 1.20. The first kappa shape index (κ1) is 13.4. The van der Waals surface area contributed by atoms with Crippen LogP contribution in [0.15, 0.2) is 0 Å². The number of sulfone groups is 1. The van der Waals surface area contributed by atoms with Gasteiger partial charge in [-0.3, -0.25) is 4.79 Å². The van der Waals surface area contributed by atoms with Crippen LogP contribution in [0.5, 0.6) is 0 Å². The average molecular weight is 249 g/mol. The molecule has 94 valence electrons. The first-order valence-electron chi connectivity index (χ1n) is 5.61. The second-order valence-electron chi connectivity index (χ2n) is 4.24. The molecule has 1 amide bonds. The van der Waals surface area contributed by atoms with Gasteiger partial charge in [-0.15, -0.1) is 0 Å². The van der Waals surface area contributed by atoms with Crippen LogP contribution in [0.4, 0.5) is 0 Å². The highest BCUT2D eigenvalue weighted by Crippen LogP contribution is 2.18. The van der Waals surface area contributed by atoms with Gasteiger partial charge >= 0.3 is 0 Å². The van der Waals surface area contributed by atoms with Crippen LogP contribution in [0.2, 0.25) is 0 Å². The molecule has 0 aromatic rings. The molecule has 1 saturated heterocycles. The van der Waals surface area contributed by atoms with Crippen molar-refractivity contribution in [2.24, 2.45) is 5.92 Å².